The van der Waals surface area contributed by atoms with Gasteiger partial charge in [0.05, 0.1) is 12.3 Å². The largest absolute Gasteiger partial charge is 0.491 e. The molecule has 1 N–H and O–H groups in total. The van der Waals surface area contributed by atoms with Gasteiger partial charge >= 0.3 is 0 Å². The molecule has 104 valence electrons. The summed E-state index contributed by atoms with van der Waals surface area (Å²) in [5.74, 6) is 1.61. The average molecular weight is 280 g/mol. The Morgan fingerprint density at radius 1 is 1.37 bits per heavy atom. The number of rotatable bonds is 6. The zero-order valence-corrected chi connectivity index (χ0v) is 12.2. The summed E-state index contributed by atoms with van der Waals surface area (Å²) in [6.07, 6.45) is 9.18. The molecule has 1 aromatic carbocycles. The van der Waals surface area contributed by atoms with Crippen molar-refractivity contribution in [2.75, 3.05) is 18.5 Å². The molecule has 3 heteroatoms. The quantitative estimate of drug-likeness (QED) is 0.748. The predicted octanol–water partition coefficient (Wildman–Crippen LogP) is 4.90. The Labute approximate surface area is 120 Å². The van der Waals surface area contributed by atoms with E-state index >= 15 is 0 Å². The van der Waals surface area contributed by atoms with Crippen LogP contribution in [0.1, 0.15) is 32.6 Å². The fraction of sp³-hybridized carbons (Fsp3) is 0.500. The first-order valence-corrected chi connectivity index (χ1v) is 7.48. The number of anilines is 1. The molecule has 1 aliphatic carbocycles. The molecule has 0 aliphatic heterocycles. The maximum absolute atomic E-state index is 6.07. The van der Waals surface area contributed by atoms with Crippen LogP contribution in [0.25, 0.3) is 0 Å². The third-order valence-electron chi connectivity index (χ3n) is 3.36. The van der Waals surface area contributed by atoms with E-state index in [1.807, 2.05) is 18.2 Å². The fourth-order valence-corrected chi connectivity index (χ4v) is 2.45. The van der Waals surface area contributed by atoms with Gasteiger partial charge in [-0.25, -0.2) is 0 Å². The van der Waals surface area contributed by atoms with E-state index in [1.165, 1.54) is 19.3 Å². The van der Waals surface area contributed by atoms with E-state index in [-0.39, 0.29) is 0 Å². The maximum Gasteiger partial charge on any atom is 0.142 e. The molecular formula is C16H22ClNO. The molecule has 0 bridgehead atoms. The fourth-order valence-electron chi connectivity index (χ4n) is 2.27. The summed E-state index contributed by atoms with van der Waals surface area (Å²) < 4.78 is 5.75. The summed E-state index contributed by atoms with van der Waals surface area (Å²) in [6.45, 7) is 3.83. The minimum atomic E-state index is 0.711. The Balaban J connectivity index is 1.96. The molecule has 0 aromatic heterocycles. The molecule has 2 nitrogen and oxygen atoms in total. The molecule has 0 radical (unpaired) electrons. The van der Waals surface area contributed by atoms with Crippen LogP contribution < -0.4 is 10.1 Å². The lowest BCUT2D eigenvalue weighted by Crippen LogP contribution is -2.16. The van der Waals surface area contributed by atoms with Gasteiger partial charge in [0.2, 0.25) is 0 Å². The van der Waals surface area contributed by atoms with Gasteiger partial charge < -0.3 is 10.1 Å². The maximum atomic E-state index is 6.07. The number of benzene rings is 1. The number of nitrogens with one attached hydrogen (secondary N) is 1. The van der Waals surface area contributed by atoms with E-state index in [4.69, 9.17) is 16.3 Å². The molecular weight excluding hydrogens is 258 g/mol. The third-order valence-corrected chi connectivity index (χ3v) is 3.60. The zero-order chi connectivity index (χ0) is 13.5. The SMILES string of the molecule is CCCOc1ccc(Cl)cc1NCC1CC=CCC1. The van der Waals surface area contributed by atoms with Gasteiger partial charge in [0.1, 0.15) is 5.75 Å². The molecule has 0 heterocycles. The summed E-state index contributed by atoms with van der Waals surface area (Å²) in [6, 6.07) is 5.77. The zero-order valence-electron chi connectivity index (χ0n) is 11.5. The minimum Gasteiger partial charge on any atom is -0.491 e. The Morgan fingerprint density at radius 2 is 2.26 bits per heavy atom. The summed E-state index contributed by atoms with van der Waals surface area (Å²) >= 11 is 6.07. The summed E-state index contributed by atoms with van der Waals surface area (Å²) in [5, 5.41) is 4.23. The second-order valence-corrected chi connectivity index (χ2v) is 5.46. The summed E-state index contributed by atoms with van der Waals surface area (Å²) in [7, 11) is 0. The first-order valence-electron chi connectivity index (χ1n) is 7.11. The second kappa shape index (κ2) is 7.44. The van der Waals surface area contributed by atoms with Gasteiger partial charge in [-0.05, 0) is 49.8 Å². The van der Waals surface area contributed by atoms with Crippen molar-refractivity contribution >= 4 is 17.3 Å². The van der Waals surface area contributed by atoms with Crippen molar-refractivity contribution in [3.8, 4) is 5.75 Å². The van der Waals surface area contributed by atoms with Gasteiger partial charge in [0.25, 0.3) is 0 Å². The van der Waals surface area contributed by atoms with Crippen molar-refractivity contribution in [3.05, 3.63) is 35.4 Å². The van der Waals surface area contributed by atoms with Crippen molar-refractivity contribution in [3.63, 3.8) is 0 Å². The molecule has 2 rings (SSSR count). The minimum absolute atomic E-state index is 0.711. The molecule has 1 unspecified atom stereocenters. The first kappa shape index (κ1) is 14.3. The smallest absolute Gasteiger partial charge is 0.142 e. The normalized spacial score (nSPS) is 18.3. The van der Waals surface area contributed by atoms with Gasteiger partial charge in [-0.2, -0.15) is 0 Å². The van der Waals surface area contributed by atoms with Crippen molar-refractivity contribution in [2.45, 2.75) is 32.6 Å². The highest BCUT2D eigenvalue weighted by atomic mass is 35.5. The Hall–Kier alpha value is -1.15. The molecule has 1 aliphatic rings. The van der Waals surface area contributed by atoms with E-state index < -0.39 is 0 Å². The lowest BCUT2D eigenvalue weighted by molar-refractivity contribution is 0.318. The highest BCUT2D eigenvalue weighted by molar-refractivity contribution is 6.30. The molecule has 1 atom stereocenters. The van der Waals surface area contributed by atoms with Crippen LogP contribution in [-0.4, -0.2) is 13.2 Å². The van der Waals surface area contributed by atoms with Crippen molar-refractivity contribution < 1.29 is 4.74 Å². The molecule has 19 heavy (non-hydrogen) atoms. The van der Waals surface area contributed by atoms with Crippen LogP contribution in [-0.2, 0) is 0 Å². The number of ether oxygens (including phenoxy) is 1. The summed E-state index contributed by atoms with van der Waals surface area (Å²) in [5.41, 5.74) is 1.01. The van der Waals surface area contributed by atoms with Gasteiger partial charge in [0, 0.05) is 11.6 Å². The van der Waals surface area contributed by atoms with Gasteiger partial charge in [-0.3, -0.25) is 0 Å². The number of hydrogen-bond donors (Lipinski definition) is 1. The topological polar surface area (TPSA) is 21.3 Å². The van der Waals surface area contributed by atoms with E-state index in [9.17, 15) is 0 Å². The molecule has 0 saturated heterocycles. The van der Waals surface area contributed by atoms with E-state index in [0.29, 0.717) is 5.92 Å². The lowest BCUT2D eigenvalue weighted by atomic mass is 9.94. The number of hydrogen-bond acceptors (Lipinski definition) is 2. The van der Waals surface area contributed by atoms with Crippen LogP contribution in [0.2, 0.25) is 5.02 Å². The first-order chi connectivity index (χ1) is 9.29. The van der Waals surface area contributed by atoms with Crippen molar-refractivity contribution in [1.29, 1.82) is 0 Å². The highest BCUT2D eigenvalue weighted by Gasteiger charge is 2.11. The summed E-state index contributed by atoms with van der Waals surface area (Å²) in [4.78, 5) is 0. The van der Waals surface area contributed by atoms with E-state index in [1.54, 1.807) is 0 Å². The molecule has 0 spiro atoms. The van der Waals surface area contributed by atoms with Crippen LogP contribution in [0.15, 0.2) is 30.4 Å². The average Bonchev–Trinajstić information content (AvgIpc) is 2.45. The monoisotopic (exact) mass is 279 g/mol. The molecule has 1 aromatic rings. The number of allylic oxidation sites excluding steroid dienone is 2. The highest BCUT2D eigenvalue weighted by Crippen LogP contribution is 2.29. The van der Waals surface area contributed by atoms with Crippen LogP contribution in [0, 0.1) is 5.92 Å². The van der Waals surface area contributed by atoms with Gasteiger partial charge in [-0.1, -0.05) is 30.7 Å². The van der Waals surface area contributed by atoms with Crippen molar-refractivity contribution in [2.24, 2.45) is 5.92 Å². The molecule has 0 fully saturated rings. The predicted molar refractivity (Wildman–Crippen MR) is 82.2 cm³/mol. The van der Waals surface area contributed by atoms with Gasteiger partial charge in [-0.15, -0.1) is 0 Å². The molecule has 0 amide bonds. The third kappa shape index (κ3) is 4.46. The van der Waals surface area contributed by atoms with Gasteiger partial charge in [0.15, 0.2) is 0 Å². The van der Waals surface area contributed by atoms with E-state index in [0.717, 1.165) is 36.0 Å². The Morgan fingerprint density at radius 3 is 3.00 bits per heavy atom. The van der Waals surface area contributed by atoms with Crippen LogP contribution in [0.5, 0.6) is 5.75 Å². The number of halogens is 1. The van der Waals surface area contributed by atoms with Crippen molar-refractivity contribution in [1.82, 2.24) is 0 Å². The Kier molecular flexibility index (Phi) is 5.59. The molecule has 0 saturated carbocycles. The van der Waals surface area contributed by atoms with Crippen LogP contribution in [0.3, 0.4) is 0 Å². The van der Waals surface area contributed by atoms with Crippen LogP contribution in [0.4, 0.5) is 5.69 Å². The second-order valence-electron chi connectivity index (χ2n) is 5.02. The standard InChI is InChI=1S/C16H22ClNO/c1-2-10-19-16-9-8-14(17)11-15(16)18-12-13-6-4-3-5-7-13/h3-4,8-9,11,13,18H,2,5-7,10,12H2,1H3. The van der Waals surface area contributed by atoms with Crippen LogP contribution >= 0.6 is 11.6 Å². The van der Waals surface area contributed by atoms with E-state index in [2.05, 4.69) is 24.4 Å². The Bertz CT molecular complexity index is 431. The lowest BCUT2D eigenvalue weighted by Gasteiger charge is -2.20.